The highest BCUT2D eigenvalue weighted by Crippen LogP contribution is 2.38. The molecule has 1 aliphatic carbocycles. The van der Waals surface area contributed by atoms with Crippen molar-refractivity contribution in [3.8, 4) is 0 Å². The molecule has 0 bridgehead atoms. The van der Waals surface area contributed by atoms with Gasteiger partial charge >= 0.3 is 11.9 Å². The average Bonchev–Trinajstić information content (AvgIpc) is 3.73. The summed E-state index contributed by atoms with van der Waals surface area (Å²) in [5, 5.41) is 10.6. The second kappa shape index (κ2) is 15.3. The van der Waals surface area contributed by atoms with Gasteiger partial charge in [0.1, 0.15) is 23.6 Å². The quantitative estimate of drug-likeness (QED) is 0.153. The first-order valence-corrected chi connectivity index (χ1v) is 20.3. The van der Waals surface area contributed by atoms with Gasteiger partial charge in [-0.3, -0.25) is 38.4 Å². The van der Waals surface area contributed by atoms with Crippen molar-refractivity contribution < 1.29 is 31.9 Å². The summed E-state index contributed by atoms with van der Waals surface area (Å²) in [6.07, 6.45) is 1.38. The lowest BCUT2D eigenvalue weighted by Crippen LogP contribution is -2.59. The number of aromatic nitrogens is 5. The number of likely N-dealkylation sites (tertiary alicyclic amines) is 2. The number of imide groups is 1. The summed E-state index contributed by atoms with van der Waals surface area (Å²) in [4.78, 5) is 58.5. The molecule has 3 atom stereocenters. The zero-order valence-electron chi connectivity index (χ0n) is 32.5. The molecule has 3 saturated heterocycles. The number of imidazole rings is 1. The van der Waals surface area contributed by atoms with Crippen molar-refractivity contribution in [2.24, 2.45) is 13.0 Å². The van der Waals surface area contributed by atoms with Crippen LogP contribution in [-0.4, -0.2) is 96.4 Å². The summed E-state index contributed by atoms with van der Waals surface area (Å²) in [6.45, 7) is 3.48. The van der Waals surface area contributed by atoms with Crippen LogP contribution in [0.25, 0.3) is 21.9 Å². The minimum Gasteiger partial charge on any atom is -0.321 e. The maximum Gasteiger partial charge on any atom is 0.433 e. The number of amides is 3. The van der Waals surface area contributed by atoms with Crippen molar-refractivity contribution in [3.63, 3.8) is 0 Å². The highest BCUT2D eigenvalue weighted by atomic mass is 19.4. The van der Waals surface area contributed by atoms with Crippen molar-refractivity contribution in [1.82, 2.24) is 39.0 Å². The number of nitrogens with one attached hydrogen (secondary N) is 2. The predicted octanol–water partition coefficient (Wildman–Crippen LogP) is 5.58. The Morgan fingerprint density at radius 1 is 0.949 bits per heavy atom. The summed E-state index contributed by atoms with van der Waals surface area (Å²) in [5.74, 6) is -0.937. The Morgan fingerprint density at radius 3 is 2.47 bits per heavy atom. The van der Waals surface area contributed by atoms with Crippen LogP contribution in [0.3, 0.4) is 0 Å². The number of hydrogen-bond donors (Lipinski definition) is 2. The fraction of sp³-hybridized carbons (Fsp3) is 0.476. The van der Waals surface area contributed by atoms with E-state index in [2.05, 4.69) is 25.4 Å². The van der Waals surface area contributed by atoms with Crippen LogP contribution in [0.2, 0.25) is 0 Å². The van der Waals surface area contributed by atoms with E-state index in [9.17, 15) is 32.3 Å². The molecular weight excluding hydrogens is 771 g/mol. The topological polar surface area (TPSA) is 139 Å². The van der Waals surface area contributed by atoms with Crippen molar-refractivity contribution in [2.75, 3.05) is 38.0 Å². The molecule has 17 heteroatoms. The van der Waals surface area contributed by atoms with Crippen molar-refractivity contribution >= 4 is 45.3 Å². The Bertz CT molecular complexity index is 2500. The molecule has 13 nitrogen and oxygen atoms in total. The minimum absolute atomic E-state index is 0.133. The molecule has 3 aromatic heterocycles. The molecule has 0 spiro atoms. The Morgan fingerprint density at radius 2 is 1.73 bits per heavy atom. The fourth-order valence-corrected chi connectivity index (χ4v) is 9.72. The van der Waals surface area contributed by atoms with Crippen LogP contribution in [0, 0.1) is 5.92 Å². The van der Waals surface area contributed by atoms with Crippen molar-refractivity contribution in [2.45, 2.75) is 81.3 Å². The van der Waals surface area contributed by atoms with Crippen LogP contribution >= 0.6 is 0 Å². The van der Waals surface area contributed by atoms with Gasteiger partial charge in [-0.15, -0.1) is 0 Å². The van der Waals surface area contributed by atoms with Gasteiger partial charge in [-0.1, -0.05) is 18.2 Å². The maximum atomic E-state index is 15.9. The number of fused-ring (bicyclic) bond motifs is 2. The summed E-state index contributed by atoms with van der Waals surface area (Å²) < 4.78 is 60.2. The van der Waals surface area contributed by atoms with Crippen molar-refractivity contribution in [3.05, 3.63) is 88.2 Å². The number of piperidine rings is 2. The third-order valence-corrected chi connectivity index (χ3v) is 12.8. The Labute approximate surface area is 336 Å². The molecule has 4 aliphatic rings. The number of rotatable bonds is 8. The highest BCUT2D eigenvalue weighted by molar-refractivity contribution is 6.04. The predicted molar refractivity (Wildman–Crippen MR) is 211 cm³/mol. The summed E-state index contributed by atoms with van der Waals surface area (Å²) in [5.41, 5.74) is 1.89. The molecule has 3 aliphatic heterocycles. The number of carbonyl (C=O) groups excluding carboxylic acids is 3. The first-order valence-electron chi connectivity index (χ1n) is 20.3. The van der Waals surface area contributed by atoms with E-state index in [-0.39, 0.29) is 48.1 Å². The number of para-hydroxylation sites is 1. The lowest BCUT2D eigenvalue weighted by Gasteiger charge is -2.49. The second-order valence-corrected chi connectivity index (χ2v) is 16.6. The number of hydrogen-bond acceptors (Lipinski definition) is 8. The summed E-state index contributed by atoms with van der Waals surface area (Å²) in [6, 6.07) is 13.5. The van der Waals surface area contributed by atoms with Crippen LogP contribution in [-0.2, 0) is 22.8 Å². The van der Waals surface area contributed by atoms with E-state index in [1.807, 2.05) is 29.1 Å². The van der Waals surface area contributed by atoms with Gasteiger partial charge in [0.2, 0.25) is 11.8 Å². The molecule has 0 radical (unpaired) electrons. The van der Waals surface area contributed by atoms with Gasteiger partial charge in [0.25, 0.3) is 5.91 Å². The highest BCUT2D eigenvalue weighted by Gasteiger charge is 2.42. The van der Waals surface area contributed by atoms with Crippen LogP contribution in [0.15, 0.2) is 65.6 Å². The minimum atomic E-state index is -4.65. The number of alkyl halides is 4. The Hall–Kier alpha value is -5.42. The normalized spacial score (nSPS) is 25.0. The van der Waals surface area contributed by atoms with E-state index >= 15 is 4.39 Å². The van der Waals surface area contributed by atoms with Crippen molar-refractivity contribution in [1.29, 1.82) is 0 Å². The monoisotopic (exact) mass is 815 g/mol. The molecule has 6 heterocycles. The van der Waals surface area contributed by atoms with E-state index in [1.165, 1.54) is 10.6 Å². The maximum absolute atomic E-state index is 15.9. The van der Waals surface area contributed by atoms with E-state index in [0.717, 1.165) is 79.3 Å². The Balaban J connectivity index is 0.759. The van der Waals surface area contributed by atoms with Gasteiger partial charge in [-0.25, -0.2) is 14.2 Å². The second-order valence-electron chi connectivity index (χ2n) is 16.6. The molecular formula is C42H45F4N9O4. The largest absolute Gasteiger partial charge is 0.433 e. The van der Waals surface area contributed by atoms with Gasteiger partial charge in [-0.2, -0.15) is 18.3 Å². The lowest BCUT2D eigenvalue weighted by atomic mass is 9.84. The van der Waals surface area contributed by atoms with Gasteiger partial charge in [-0.05, 0) is 92.9 Å². The smallest absolute Gasteiger partial charge is 0.321 e. The number of pyridine rings is 1. The number of carbonyl (C=O) groups is 3. The van der Waals surface area contributed by atoms with E-state index in [4.69, 9.17) is 5.10 Å². The zero-order chi connectivity index (χ0) is 41.2. The summed E-state index contributed by atoms with van der Waals surface area (Å²) >= 11 is 0. The molecule has 2 aromatic carbocycles. The SMILES string of the molecule is Cn1c(=O)n(C2CCC(=O)NC2=O)c2cccc(C3CN([C@H]4CCN(C[C@H]5CC[C@H](n6cc7cc(NC(=O)c8cccc(C(F)(F)F)n8)ccc7n6)CC5)C[C@@H]4F)C3)c21. The standard InChI is InChI=1S/C42H45F4N9O4/c1-51-38-29(4-2-6-34(38)55(41(51)59)35-14-15-37(56)49-40(35)58)26-20-53(21-26)33-16-17-52(23-30(33)43)19-24-8-11-28(12-9-24)54-22-25-18-27(10-13-31(25)50-54)47-39(57)32-5-3-7-36(48-32)42(44,45)46/h2-7,10,13,18,22,24,26,28,30,33,35H,8-9,11-12,14-17,19-21,23H2,1H3,(H,47,57)(H,49,56,58)/t24-,28-,30-,33-,35?/m0/s1. The molecule has 310 valence electrons. The van der Waals surface area contributed by atoms with Crippen LogP contribution in [0.4, 0.5) is 23.2 Å². The van der Waals surface area contributed by atoms with Crippen LogP contribution in [0.5, 0.6) is 0 Å². The van der Waals surface area contributed by atoms with Gasteiger partial charge in [0.15, 0.2) is 0 Å². The van der Waals surface area contributed by atoms with Gasteiger partial charge in [0, 0.05) is 68.9 Å². The molecule has 3 amide bonds. The van der Waals surface area contributed by atoms with Gasteiger partial charge in [0.05, 0.1) is 22.6 Å². The zero-order valence-corrected chi connectivity index (χ0v) is 32.5. The molecule has 1 unspecified atom stereocenters. The molecule has 4 fully saturated rings. The fourth-order valence-electron chi connectivity index (χ4n) is 9.72. The average molecular weight is 816 g/mol. The Kier molecular flexibility index (Phi) is 10.1. The lowest BCUT2D eigenvalue weighted by molar-refractivity contribution is -0.141. The van der Waals surface area contributed by atoms with E-state index in [1.54, 1.807) is 29.8 Å². The first kappa shape index (κ1) is 39.1. The number of halogens is 4. The number of benzene rings is 2. The molecule has 1 saturated carbocycles. The number of aryl methyl sites for hydroxylation is 1. The number of nitrogens with zero attached hydrogens (tertiary/aromatic N) is 7. The third kappa shape index (κ3) is 7.54. The first-order chi connectivity index (χ1) is 28.3. The summed E-state index contributed by atoms with van der Waals surface area (Å²) in [7, 11) is 1.71. The van der Waals surface area contributed by atoms with Crippen LogP contribution < -0.4 is 16.3 Å². The molecule has 9 rings (SSSR count). The van der Waals surface area contributed by atoms with E-state index < -0.39 is 35.9 Å². The third-order valence-electron chi connectivity index (χ3n) is 12.8. The van der Waals surface area contributed by atoms with Crippen LogP contribution in [0.1, 0.15) is 84.7 Å². The molecule has 5 aromatic rings. The number of anilines is 1. The molecule has 2 N–H and O–H groups in total. The van der Waals surface area contributed by atoms with E-state index in [0.29, 0.717) is 36.8 Å². The van der Waals surface area contributed by atoms with Gasteiger partial charge < -0.3 is 10.2 Å². The molecule has 59 heavy (non-hydrogen) atoms.